The predicted molar refractivity (Wildman–Crippen MR) is 157 cm³/mol. The Labute approximate surface area is 232 Å². The van der Waals surface area contributed by atoms with Crippen molar-refractivity contribution in [3.63, 3.8) is 0 Å². The van der Waals surface area contributed by atoms with E-state index < -0.39 is 12.3 Å². The standard InChI is InChI=1S/C31H33N5O2S/c1-23(37)31(38-27-12-13-29-28(20-27)33-30(39-29)25-10-6-3-7-11-25)35-17-14-34(15-18-35)16-19-36-22-26(21-32-36)24-8-4-2-5-9-24/h2-13,20-23,31,37H,14-19H2,1H3/t23-,31?/m0/s1. The first-order valence-corrected chi connectivity index (χ1v) is 14.3. The Kier molecular flexibility index (Phi) is 7.69. The summed E-state index contributed by atoms with van der Waals surface area (Å²) in [5, 5.41) is 16.2. The van der Waals surface area contributed by atoms with E-state index in [0.717, 1.165) is 71.4 Å². The van der Waals surface area contributed by atoms with Gasteiger partial charge in [0.25, 0.3) is 0 Å². The number of rotatable bonds is 9. The Balaban J connectivity index is 1.05. The number of benzene rings is 3. The number of thiazole rings is 1. The van der Waals surface area contributed by atoms with Gasteiger partial charge in [-0.2, -0.15) is 5.10 Å². The van der Waals surface area contributed by atoms with E-state index in [-0.39, 0.29) is 0 Å². The van der Waals surface area contributed by atoms with E-state index in [1.165, 1.54) is 5.56 Å². The van der Waals surface area contributed by atoms with Gasteiger partial charge >= 0.3 is 0 Å². The van der Waals surface area contributed by atoms with Crippen LogP contribution in [0.1, 0.15) is 6.92 Å². The van der Waals surface area contributed by atoms with Gasteiger partial charge in [-0.1, -0.05) is 60.7 Å². The van der Waals surface area contributed by atoms with Crippen LogP contribution in [0.15, 0.2) is 91.3 Å². The van der Waals surface area contributed by atoms with Crippen LogP contribution in [0, 0.1) is 0 Å². The Morgan fingerprint density at radius 2 is 1.59 bits per heavy atom. The number of hydrogen-bond acceptors (Lipinski definition) is 7. The van der Waals surface area contributed by atoms with Crippen LogP contribution in [0.3, 0.4) is 0 Å². The second-order valence-electron chi connectivity index (χ2n) is 10.00. The molecular weight excluding hydrogens is 506 g/mol. The van der Waals surface area contributed by atoms with Crippen LogP contribution in [-0.2, 0) is 6.54 Å². The molecule has 2 atom stereocenters. The lowest BCUT2D eigenvalue weighted by Gasteiger charge is -2.40. The molecule has 7 nitrogen and oxygen atoms in total. The molecule has 0 radical (unpaired) electrons. The first-order valence-electron chi connectivity index (χ1n) is 13.5. The van der Waals surface area contributed by atoms with Gasteiger partial charge in [-0.05, 0) is 24.6 Å². The smallest absolute Gasteiger partial charge is 0.178 e. The lowest BCUT2D eigenvalue weighted by molar-refractivity contribution is -0.0746. The fourth-order valence-corrected chi connectivity index (χ4v) is 6.00. The highest BCUT2D eigenvalue weighted by molar-refractivity contribution is 7.21. The molecule has 1 aliphatic rings. The first-order chi connectivity index (χ1) is 19.1. The molecule has 1 saturated heterocycles. The molecule has 6 rings (SSSR count). The van der Waals surface area contributed by atoms with Crippen molar-refractivity contribution in [1.82, 2.24) is 24.6 Å². The van der Waals surface area contributed by atoms with Crippen molar-refractivity contribution in [3.8, 4) is 27.4 Å². The molecule has 8 heteroatoms. The zero-order chi connectivity index (χ0) is 26.6. The molecule has 2 aromatic heterocycles. The summed E-state index contributed by atoms with van der Waals surface area (Å²) in [6, 6.07) is 26.6. The van der Waals surface area contributed by atoms with Gasteiger partial charge < -0.3 is 9.84 Å². The molecule has 1 unspecified atom stereocenters. The molecule has 1 N–H and O–H groups in total. The Bertz CT molecular complexity index is 1490. The second-order valence-corrected chi connectivity index (χ2v) is 11.0. The SMILES string of the molecule is C[C@H](O)C(Oc1ccc2sc(-c3ccccc3)nc2c1)N1CCN(CCn2cc(-c3ccccc3)cn2)CC1. The van der Waals surface area contributed by atoms with Crippen molar-refractivity contribution in [2.45, 2.75) is 25.8 Å². The maximum Gasteiger partial charge on any atom is 0.178 e. The number of aliphatic hydroxyl groups excluding tert-OH is 1. The van der Waals surface area contributed by atoms with Gasteiger partial charge in [-0.3, -0.25) is 14.5 Å². The average Bonchev–Trinajstić information content (AvgIpc) is 3.63. The van der Waals surface area contributed by atoms with Gasteiger partial charge in [0.2, 0.25) is 0 Å². The highest BCUT2D eigenvalue weighted by atomic mass is 32.1. The fourth-order valence-electron chi connectivity index (χ4n) is 5.05. The van der Waals surface area contributed by atoms with E-state index in [2.05, 4.69) is 63.6 Å². The third-order valence-corrected chi connectivity index (χ3v) is 8.29. The summed E-state index contributed by atoms with van der Waals surface area (Å²) in [5.74, 6) is 0.730. The third kappa shape index (κ3) is 6.04. The van der Waals surface area contributed by atoms with Gasteiger partial charge in [-0.25, -0.2) is 4.98 Å². The Morgan fingerprint density at radius 3 is 2.31 bits per heavy atom. The number of aromatic nitrogens is 3. The predicted octanol–water partition coefficient (Wildman–Crippen LogP) is 5.23. The van der Waals surface area contributed by atoms with E-state index in [1.807, 2.05) is 47.3 Å². The molecule has 0 bridgehead atoms. The summed E-state index contributed by atoms with van der Waals surface area (Å²) >= 11 is 1.68. The van der Waals surface area contributed by atoms with Crippen molar-refractivity contribution in [1.29, 1.82) is 0 Å². The minimum atomic E-state index is -0.622. The van der Waals surface area contributed by atoms with Gasteiger partial charge in [-0.15, -0.1) is 11.3 Å². The fraction of sp³-hybridized carbons (Fsp3) is 0.290. The van der Waals surface area contributed by atoms with Crippen LogP contribution in [0.4, 0.5) is 0 Å². The second kappa shape index (κ2) is 11.7. The molecule has 200 valence electrons. The Hall–Kier alpha value is -3.56. The molecule has 5 aromatic rings. The molecule has 1 fully saturated rings. The summed E-state index contributed by atoms with van der Waals surface area (Å²) in [5.41, 5.74) is 4.36. The van der Waals surface area contributed by atoms with Crippen LogP contribution in [-0.4, -0.2) is 74.7 Å². The van der Waals surface area contributed by atoms with Gasteiger partial charge in [0.05, 0.1) is 23.0 Å². The molecule has 0 amide bonds. The van der Waals surface area contributed by atoms with Crippen molar-refractivity contribution >= 4 is 21.6 Å². The van der Waals surface area contributed by atoms with Crippen molar-refractivity contribution in [2.75, 3.05) is 32.7 Å². The topological polar surface area (TPSA) is 66.7 Å². The number of aliphatic hydroxyl groups is 1. The highest BCUT2D eigenvalue weighted by Gasteiger charge is 2.29. The summed E-state index contributed by atoms with van der Waals surface area (Å²) in [6.07, 6.45) is 3.02. The summed E-state index contributed by atoms with van der Waals surface area (Å²) in [4.78, 5) is 9.52. The Morgan fingerprint density at radius 1 is 0.872 bits per heavy atom. The van der Waals surface area contributed by atoms with Crippen LogP contribution in [0.5, 0.6) is 5.75 Å². The van der Waals surface area contributed by atoms with Crippen LogP contribution in [0.25, 0.3) is 31.9 Å². The molecule has 39 heavy (non-hydrogen) atoms. The van der Waals surface area contributed by atoms with E-state index in [4.69, 9.17) is 9.72 Å². The minimum Gasteiger partial charge on any atom is -0.472 e. The number of nitrogens with zero attached hydrogens (tertiary/aromatic N) is 5. The zero-order valence-electron chi connectivity index (χ0n) is 22.1. The van der Waals surface area contributed by atoms with Gasteiger partial charge in [0.1, 0.15) is 16.9 Å². The molecule has 3 aromatic carbocycles. The first kappa shape index (κ1) is 25.7. The normalized spacial score (nSPS) is 16.4. The lowest BCUT2D eigenvalue weighted by Crippen LogP contribution is -2.55. The number of fused-ring (bicyclic) bond motifs is 1. The monoisotopic (exact) mass is 539 g/mol. The number of hydrogen-bond donors (Lipinski definition) is 1. The van der Waals surface area contributed by atoms with E-state index in [1.54, 1.807) is 18.3 Å². The molecule has 3 heterocycles. The molecular formula is C31H33N5O2S. The maximum atomic E-state index is 10.6. The van der Waals surface area contributed by atoms with E-state index in [9.17, 15) is 5.11 Å². The van der Waals surface area contributed by atoms with Crippen LogP contribution >= 0.6 is 11.3 Å². The van der Waals surface area contributed by atoms with Crippen LogP contribution in [0.2, 0.25) is 0 Å². The summed E-state index contributed by atoms with van der Waals surface area (Å²) in [7, 11) is 0. The third-order valence-electron chi connectivity index (χ3n) is 7.20. The average molecular weight is 540 g/mol. The molecule has 0 saturated carbocycles. The van der Waals surface area contributed by atoms with Crippen molar-refractivity contribution in [2.24, 2.45) is 0 Å². The number of ether oxygens (including phenoxy) is 1. The largest absolute Gasteiger partial charge is 0.472 e. The summed E-state index contributed by atoms with van der Waals surface area (Å²) in [6.45, 7) is 7.10. The highest BCUT2D eigenvalue weighted by Crippen LogP contribution is 2.32. The maximum absolute atomic E-state index is 10.6. The van der Waals surface area contributed by atoms with E-state index >= 15 is 0 Å². The molecule has 1 aliphatic heterocycles. The number of piperazine rings is 1. The minimum absolute atomic E-state index is 0.406. The molecule has 0 spiro atoms. The summed E-state index contributed by atoms with van der Waals surface area (Å²) < 4.78 is 9.50. The zero-order valence-corrected chi connectivity index (χ0v) is 22.9. The van der Waals surface area contributed by atoms with E-state index in [0.29, 0.717) is 0 Å². The molecule has 0 aliphatic carbocycles. The van der Waals surface area contributed by atoms with Crippen LogP contribution < -0.4 is 4.74 Å². The van der Waals surface area contributed by atoms with Crippen molar-refractivity contribution < 1.29 is 9.84 Å². The lowest BCUT2D eigenvalue weighted by atomic mass is 10.1. The van der Waals surface area contributed by atoms with Gasteiger partial charge in [0.15, 0.2) is 6.23 Å². The quantitative estimate of drug-likeness (QED) is 0.277. The van der Waals surface area contributed by atoms with Crippen molar-refractivity contribution in [3.05, 3.63) is 91.3 Å². The van der Waals surface area contributed by atoms with Gasteiger partial charge in [0, 0.05) is 56.1 Å².